The average Bonchev–Trinajstić information content (AvgIpc) is 3.42. The van der Waals surface area contributed by atoms with E-state index in [1.165, 1.54) is 6.20 Å². The zero-order valence-corrected chi connectivity index (χ0v) is 15.2. The molecule has 1 atom stereocenters. The summed E-state index contributed by atoms with van der Waals surface area (Å²) in [5.74, 6) is -0.0583. The number of nitrogens with zero attached hydrogens (tertiary/aromatic N) is 2. The minimum Gasteiger partial charge on any atom is -0.383 e. The van der Waals surface area contributed by atoms with Gasteiger partial charge in [-0.15, -0.1) is 0 Å². The van der Waals surface area contributed by atoms with Gasteiger partial charge in [0.2, 0.25) is 0 Å². The second-order valence-electron chi connectivity index (χ2n) is 7.12. The van der Waals surface area contributed by atoms with Crippen LogP contribution >= 0.6 is 0 Å². The van der Waals surface area contributed by atoms with E-state index in [1.54, 1.807) is 16.8 Å². The second-order valence-corrected chi connectivity index (χ2v) is 7.12. The Kier molecular flexibility index (Phi) is 4.39. The van der Waals surface area contributed by atoms with E-state index in [9.17, 15) is 9.59 Å². The number of aromatic nitrogens is 2. The van der Waals surface area contributed by atoms with Gasteiger partial charge in [0.25, 0.3) is 5.91 Å². The topological polar surface area (TPSA) is 90.0 Å². The highest BCUT2D eigenvalue weighted by atomic mass is 16.1. The van der Waals surface area contributed by atoms with Crippen LogP contribution in [0.2, 0.25) is 0 Å². The molecule has 0 saturated heterocycles. The molecule has 2 aromatic rings. The largest absolute Gasteiger partial charge is 0.383 e. The van der Waals surface area contributed by atoms with E-state index in [0.717, 1.165) is 18.4 Å². The molecule has 2 aliphatic rings. The Labute approximate surface area is 157 Å². The number of amides is 1. The summed E-state index contributed by atoms with van der Waals surface area (Å²) in [6.45, 7) is 1.93. The third-order valence-corrected chi connectivity index (χ3v) is 5.00. The van der Waals surface area contributed by atoms with Gasteiger partial charge in [-0.05, 0) is 43.9 Å². The summed E-state index contributed by atoms with van der Waals surface area (Å²) in [5, 5.41) is 7.31. The second kappa shape index (κ2) is 6.87. The molecule has 4 rings (SSSR count). The van der Waals surface area contributed by atoms with E-state index in [1.807, 2.05) is 37.3 Å². The molecule has 27 heavy (non-hydrogen) atoms. The number of rotatable bonds is 5. The Balaban J connectivity index is 1.64. The van der Waals surface area contributed by atoms with Crippen molar-refractivity contribution in [3.63, 3.8) is 0 Å². The van der Waals surface area contributed by atoms with Gasteiger partial charge in [-0.25, -0.2) is 4.68 Å². The number of Topliss-reactive ketones (excluding diaryl/α,β-unsaturated/α-hetero) is 1. The van der Waals surface area contributed by atoms with E-state index in [2.05, 4.69) is 10.4 Å². The lowest BCUT2D eigenvalue weighted by atomic mass is 9.93. The number of benzene rings is 1. The van der Waals surface area contributed by atoms with Crippen molar-refractivity contribution >= 4 is 17.5 Å². The lowest BCUT2D eigenvalue weighted by molar-refractivity contribution is 0.0940. The third-order valence-electron chi connectivity index (χ3n) is 5.00. The first-order valence-corrected chi connectivity index (χ1v) is 9.17. The zero-order chi connectivity index (χ0) is 19.0. The van der Waals surface area contributed by atoms with Gasteiger partial charge in [-0.3, -0.25) is 9.59 Å². The van der Waals surface area contributed by atoms with Crippen LogP contribution in [0.4, 0.5) is 5.82 Å². The van der Waals surface area contributed by atoms with Crippen molar-refractivity contribution in [2.24, 2.45) is 5.92 Å². The molecule has 1 amide bonds. The number of carbonyl (C=O) groups is 2. The summed E-state index contributed by atoms with van der Waals surface area (Å²) in [4.78, 5) is 25.1. The highest BCUT2D eigenvalue weighted by Crippen LogP contribution is 2.26. The molecule has 0 spiro atoms. The van der Waals surface area contributed by atoms with Crippen molar-refractivity contribution in [3.8, 4) is 5.69 Å². The molecule has 0 bridgehead atoms. The van der Waals surface area contributed by atoms with Gasteiger partial charge in [-0.2, -0.15) is 5.10 Å². The van der Waals surface area contributed by atoms with Crippen molar-refractivity contribution < 1.29 is 9.59 Å². The Morgan fingerprint density at radius 3 is 2.78 bits per heavy atom. The molecule has 1 unspecified atom stereocenters. The molecular weight excluding hydrogens is 340 g/mol. The lowest BCUT2D eigenvalue weighted by Crippen LogP contribution is -2.25. The van der Waals surface area contributed by atoms with Crippen molar-refractivity contribution in [1.82, 2.24) is 15.1 Å². The minimum atomic E-state index is -0.216. The summed E-state index contributed by atoms with van der Waals surface area (Å²) in [5.41, 5.74) is 8.86. The normalized spacial score (nSPS) is 18.5. The SMILES string of the molecule is Cc1ccc(C(=O)NC2CC2)cc1-n1ncc(C(=O)C2C=CC=CC2)c1N. The fourth-order valence-corrected chi connectivity index (χ4v) is 3.19. The van der Waals surface area contributed by atoms with Crippen molar-refractivity contribution in [1.29, 1.82) is 0 Å². The van der Waals surface area contributed by atoms with Crippen LogP contribution in [0, 0.1) is 12.8 Å². The molecule has 138 valence electrons. The van der Waals surface area contributed by atoms with Gasteiger partial charge in [0.05, 0.1) is 17.4 Å². The van der Waals surface area contributed by atoms with Crippen LogP contribution < -0.4 is 11.1 Å². The van der Waals surface area contributed by atoms with Gasteiger partial charge in [0.1, 0.15) is 5.82 Å². The first-order chi connectivity index (χ1) is 13.0. The van der Waals surface area contributed by atoms with Crippen LogP contribution in [0.15, 0.2) is 48.7 Å². The van der Waals surface area contributed by atoms with E-state index in [-0.39, 0.29) is 17.6 Å². The lowest BCUT2D eigenvalue weighted by Gasteiger charge is -2.13. The van der Waals surface area contributed by atoms with Crippen molar-refractivity contribution in [2.75, 3.05) is 5.73 Å². The molecule has 1 aromatic carbocycles. The number of carbonyl (C=O) groups excluding carboxylic acids is 2. The predicted octanol–water partition coefficient (Wildman–Crippen LogP) is 2.97. The van der Waals surface area contributed by atoms with Crippen LogP contribution in [0.3, 0.4) is 0 Å². The molecule has 1 saturated carbocycles. The summed E-state index contributed by atoms with van der Waals surface area (Å²) in [6.07, 6.45) is 11.9. The molecule has 1 aromatic heterocycles. The highest BCUT2D eigenvalue weighted by molar-refractivity contribution is 6.03. The molecule has 0 radical (unpaired) electrons. The van der Waals surface area contributed by atoms with Gasteiger partial charge >= 0.3 is 0 Å². The quantitative estimate of drug-likeness (QED) is 0.800. The Morgan fingerprint density at radius 1 is 1.26 bits per heavy atom. The molecule has 3 N–H and O–H groups in total. The van der Waals surface area contributed by atoms with Crippen LogP contribution in [0.25, 0.3) is 5.69 Å². The van der Waals surface area contributed by atoms with Crippen LogP contribution in [0.1, 0.15) is 45.5 Å². The monoisotopic (exact) mass is 362 g/mol. The Hall–Kier alpha value is -3.15. The summed E-state index contributed by atoms with van der Waals surface area (Å²) in [7, 11) is 0. The number of nitrogens with two attached hydrogens (primary N) is 1. The van der Waals surface area contributed by atoms with E-state index >= 15 is 0 Å². The number of anilines is 1. The number of allylic oxidation sites excluding steroid dienone is 4. The number of aryl methyl sites for hydroxylation is 1. The maximum absolute atomic E-state index is 12.8. The Bertz CT molecular complexity index is 967. The maximum Gasteiger partial charge on any atom is 0.251 e. The highest BCUT2D eigenvalue weighted by Gasteiger charge is 2.25. The minimum absolute atomic E-state index is 0.0420. The van der Waals surface area contributed by atoms with Gasteiger partial charge in [0, 0.05) is 17.5 Å². The zero-order valence-electron chi connectivity index (χ0n) is 15.2. The summed E-state index contributed by atoms with van der Waals surface area (Å²) >= 11 is 0. The molecule has 1 heterocycles. The van der Waals surface area contributed by atoms with Gasteiger partial charge < -0.3 is 11.1 Å². The van der Waals surface area contributed by atoms with Crippen molar-refractivity contribution in [3.05, 3.63) is 65.4 Å². The fraction of sp³-hybridized carbons (Fsp3) is 0.286. The summed E-state index contributed by atoms with van der Waals surface area (Å²) in [6, 6.07) is 5.72. The standard InChI is InChI=1S/C21H22N4O2/c1-13-7-8-15(21(27)24-16-9-10-16)11-18(13)25-20(22)17(12-23-25)19(26)14-5-3-2-4-6-14/h2-5,7-8,11-12,14,16H,6,9-10,22H2,1H3,(H,24,27). The van der Waals surface area contributed by atoms with Gasteiger partial charge in [0.15, 0.2) is 5.78 Å². The number of hydrogen-bond acceptors (Lipinski definition) is 4. The van der Waals surface area contributed by atoms with Gasteiger partial charge in [-0.1, -0.05) is 30.4 Å². The molecule has 1 fully saturated rings. The molecular formula is C21H22N4O2. The number of nitrogen functional groups attached to an aromatic ring is 1. The van der Waals surface area contributed by atoms with E-state index in [0.29, 0.717) is 35.1 Å². The third kappa shape index (κ3) is 3.43. The molecule has 6 heteroatoms. The van der Waals surface area contributed by atoms with E-state index in [4.69, 9.17) is 5.73 Å². The maximum atomic E-state index is 12.8. The number of hydrogen-bond donors (Lipinski definition) is 2. The van der Waals surface area contributed by atoms with Crippen LogP contribution in [0.5, 0.6) is 0 Å². The number of ketones is 1. The van der Waals surface area contributed by atoms with Crippen molar-refractivity contribution in [2.45, 2.75) is 32.2 Å². The Morgan fingerprint density at radius 2 is 2.07 bits per heavy atom. The first-order valence-electron chi connectivity index (χ1n) is 9.17. The van der Waals surface area contributed by atoms with Crippen LogP contribution in [-0.4, -0.2) is 27.5 Å². The average molecular weight is 362 g/mol. The fourth-order valence-electron chi connectivity index (χ4n) is 3.19. The summed E-state index contributed by atoms with van der Waals surface area (Å²) < 4.78 is 1.54. The van der Waals surface area contributed by atoms with Crippen LogP contribution in [-0.2, 0) is 0 Å². The smallest absolute Gasteiger partial charge is 0.251 e. The number of nitrogens with one attached hydrogen (secondary N) is 1. The first kappa shape index (κ1) is 17.3. The molecule has 6 nitrogen and oxygen atoms in total. The van der Waals surface area contributed by atoms with E-state index < -0.39 is 0 Å². The molecule has 2 aliphatic carbocycles. The predicted molar refractivity (Wildman–Crippen MR) is 104 cm³/mol. The molecule has 0 aliphatic heterocycles.